The van der Waals surface area contributed by atoms with Crippen molar-refractivity contribution in [2.75, 3.05) is 5.32 Å². The first-order valence-corrected chi connectivity index (χ1v) is 9.24. The number of amides is 1. The van der Waals surface area contributed by atoms with Gasteiger partial charge >= 0.3 is 0 Å². The van der Waals surface area contributed by atoms with Crippen LogP contribution in [0.25, 0.3) is 22.6 Å². The average molecular weight is 379 g/mol. The molecule has 0 unspecified atom stereocenters. The molecule has 0 fully saturated rings. The van der Waals surface area contributed by atoms with Gasteiger partial charge in [-0.2, -0.15) is 4.98 Å². The summed E-state index contributed by atoms with van der Waals surface area (Å²) in [5.74, 6) is 2.76. The lowest BCUT2D eigenvalue weighted by Gasteiger charge is -2.04. The largest absolute Gasteiger partial charge is 0.461 e. The standard InChI is InChI=1S/C20H21N5O3/c1-12(2)19-24-18(28-25-19)7-3-6-17(26)21-13-8-9-14-15(11-13)23-20(22-14)16-5-4-10-27-16/h4-5,8-12H,3,6-7H2,1-2H3,(H,21,26)(H,22,23). The summed E-state index contributed by atoms with van der Waals surface area (Å²) in [6.45, 7) is 4.02. The van der Waals surface area contributed by atoms with E-state index in [9.17, 15) is 4.79 Å². The van der Waals surface area contributed by atoms with Crippen molar-refractivity contribution in [1.82, 2.24) is 20.1 Å². The molecular formula is C20H21N5O3. The Hall–Kier alpha value is -3.42. The second kappa shape index (κ2) is 7.67. The first-order chi connectivity index (χ1) is 13.6. The minimum absolute atomic E-state index is 0.0614. The van der Waals surface area contributed by atoms with Crippen LogP contribution in [-0.4, -0.2) is 26.0 Å². The lowest BCUT2D eigenvalue weighted by atomic mass is 10.2. The number of hydrogen-bond acceptors (Lipinski definition) is 6. The number of hydrogen-bond donors (Lipinski definition) is 2. The number of imidazole rings is 1. The third kappa shape index (κ3) is 3.95. The lowest BCUT2D eigenvalue weighted by Crippen LogP contribution is -2.11. The van der Waals surface area contributed by atoms with E-state index in [0.29, 0.717) is 48.2 Å². The molecule has 0 spiro atoms. The predicted octanol–water partition coefficient (Wildman–Crippen LogP) is 4.29. The van der Waals surface area contributed by atoms with Gasteiger partial charge in [0.25, 0.3) is 0 Å². The van der Waals surface area contributed by atoms with Crippen LogP contribution in [0.3, 0.4) is 0 Å². The van der Waals surface area contributed by atoms with E-state index in [1.54, 1.807) is 6.26 Å². The Kier molecular flexibility index (Phi) is 4.92. The number of carbonyl (C=O) groups excluding carboxylic acids is 1. The van der Waals surface area contributed by atoms with Crippen LogP contribution in [0.2, 0.25) is 0 Å². The van der Waals surface area contributed by atoms with Crippen molar-refractivity contribution in [3.8, 4) is 11.6 Å². The number of furan rings is 1. The highest BCUT2D eigenvalue weighted by molar-refractivity contribution is 5.93. The fourth-order valence-electron chi connectivity index (χ4n) is 2.85. The average Bonchev–Trinajstić information content (AvgIpc) is 3.41. The van der Waals surface area contributed by atoms with Gasteiger partial charge in [-0.1, -0.05) is 19.0 Å². The van der Waals surface area contributed by atoms with E-state index < -0.39 is 0 Å². The van der Waals surface area contributed by atoms with E-state index in [0.717, 1.165) is 11.0 Å². The Labute approximate surface area is 161 Å². The van der Waals surface area contributed by atoms with E-state index in [1.165, 1.54) is 0 Å². The van der Waals surface area contributed by atoms with Crippen molar-refractivity contribution in [3.05, 3.63) is 48.3 Å². The zero-order valence-electron chi connectivity index (χ0n) is 15.7. The summed E-state index contributed by atoms with van der Waals surface area (Å²) in [7, 11) is 0. The van der Waals surface area contributed by atoms with E-state index in [2.05, 4.69) is 25.4 Å². The predicted molar refractivity (Wildman–Crippen MR) is 104 cm³/mol. The smallest absolute Gasteiger partial charge is 0.226 e. The van der Waals surface area contributed by atoms with Gasteiger partial charge in [0, 0.05) is 24.4 Å². The third-order valence-corrected chi connectivity index (χ3v) is 4.31. The molecule has 144 valence electrons. The molecule has 0 saturated carbocycles. The van der Waals surface area contributed by atoms with Crippen LogP contribution in [0.5, 0.6) is 0 Å². The van der Waals surface area contributed by atoms with Gasteiger partial charge in [0.15, 0.2) is 17.4 Å². The molecule has 28 heavy (non-hydrogen) atoms. The van der Waals surface area contributed by atoms with E-state index in [-0.39, 0.29) is 11.8 Å². The highest BCUT2D eigenvalue weighted by atomic mass is 16.5. The van der Waals surface area contributed by atoms with Gasteiger partial charge in [0.2, 0.25) is 11.8 Å². The number of rotatable bonds is 7. The molecule has 0 aliphatic carbocycles. The minimum atomic E-state index is -0.0614. The van der Waals surface area contributed by atoms with Crippen LogP contribution in [0, 0.1) is 0 Å². The molecule has 8 nitrogen and oxygen atoms in total. The molecule has 0 aliphatic heterocycles. The summed E-state index contributed by atoms with van der Waals surface area (Å²) in [5, 5.41) is 6.84. The summed E-state index contributed by atoms with van der Waals surface area (Å²) in [5.41, 5.74) is 2.35. The second-order valence-electron chi connectivity index (χ2n) is 6.90. The van der Waals surface area contributed by atoms with Crippen LogP contribution in [0.4, 0.5) is 5.69 Å². The first kappa shape index (κ1) is 18.0. The van der Waals surface area contributed by atoms with Gasteiger partial charge in [0.1, 0.15) is 0 Å². The number of fused-ring (bicyclic) bond motifs is 1. The molecule has 3 heterocycles. The van der Waals surface area contributed by atoms with Crippen LogP contribution >= 0.6 is 0 Å². The summed E-state index contributed by atoms with van der Waals surface area (Å²) >= 11 is 0. The highest BCUT2D eigenvalue weighted by Crippen LogP contribution is 2.23. The van der Waals surface area contributed by atoms with E-state index in [1.807, 2.05) is 44.2 Å². The van der Waals surface area contributed by atoms with Crippen molar-refractivity contribution in [3.63, 3.8) is 0 Å². The van der Waals surface area contributed by atoms with Crippen molar-refractivity contribution < 1.29 is 13.7 Å². The molecule has 4 aromatic rings. The van der Waals surface area contributed by atoms with Gasteiger partial charge in [-0.25, -0.2) is 4.98 Å². The number of carbonyl (C=O) groups is 1. The van der Waals surface area contributed by atoms with Crippen LogP contribution in [0.1, 0.15) is 44.3 Å². The maximum absolute atomic E-state index is 12.2. The van der Waals surface area contributed by atoms with Gasteiger partial charge in [-0.3, -0.25) is 4.79 Å². The topological polar surface area (TPSA) is 110 Å². The fourth-order valence-corrected chi connectivity index (χ4v) is 2.85. The molecule has 3 aromatic heterocycles. The van der Waals surface area contributed by atoms with Gasteiger partial charge in [0.05, 0.1) is 17.3 Å². The van der Waals surface area contributed by atoms with Gasteiger partial charge < -0.3 is 19.2 Å². The Bertz CT molecular complexity index is 1080. The minimum Gasteiger partial charge on any atom is -0.461 e. The van der Waals surface area contributed by atoms with Crippen molar-refractivity contribution in [2.45, 2.75) is 39.0 Å². The summed E-state index contributed by atoms with van der Waals surface area (Å²) in [4.78, 5) is 24.2. The molecule has 0 bridgehead atoms. The van der Waals surface area contributed by atoms with Crippen LogP contribution < -0.4 is 5.32 Å². The zero-order chi connectivity index (χ0) is 19.5. The number of nitrogens with one attached hydrogen (secondary N) is 2. The number of aromatic amines is 1. The molecule has 8 heteroatoms. The lowest BCUT2D eigenvalue weighted by molar-refractivity contribution is -0.116. The number of benzene rings is 1. The normalized spacial score (nSPS) is 11.4. The van der Waals surface area contributed by atoms with Gasteiger partial charge in [-0.05, 0) is 36.8 Å². The molecule has 0 radical (unpaired) electrons. The zero-order valence-corrected chi connectivity index (χ0v) is 15.7. The Morgan fingerprint density at radius 1 is 1.25 bits per heavy atom. The molecule has 1 amide bonds. The van der Waals surface area contributed by atoms with Crippen LogP contribution in [0.15, 0.2) is 45.5 Å². The molecule has 4 rings (SSSR count). The highest BCUT2D eigenvalue weighted by Gasteiger charge is 2.11. The molecule has 1 aromatic carbocycles. The SMILES string of the molecule is CC(C)c1noc(CCCC(=O)Nc2ccc3nc(-c4ccco4)[nH]c3c2)n1. The number of anilines is 1. The Morgan fingerprint density at radius 2 is 2.14 bits per heavy atom. The van der Waals surface area contributed by atoms with E-state index in [4.69, 9.17) is 8.94 Å². The van der Waals surface area contributed by atoms with Crippen LogP contribution in [-0.2, 0) is 11.2 Å². The first-order valence-electron chi connectivity index (χ1n) is 9.24. The maximum Gasteiger partial charge on any atom is 0.226 e. The molecule has 0 saturated heterocycles. The van der Waals surface area contributed by atoms with Crippen molar-refractivity contribution in [2.24, 2.45) is 0 Å². The number of H-pyrrole nitrogens is 1. The van der Waals surface area contributed by atoms with Crippen molar-refractivity contribution >= 4 is 22.6 Å². The number of nitrogens with zero attached hydrogens (tertiary/aromatic N) is 3. The maximum atomic E-state index is 12.2. The number of aryl methyl sites for hydroxylation is 1. The molecule has 2 N–H and O–H groups in total. The fraction of sp³-hybridized carbons (Fsp3) is 0.300. The monoisotopic (exact) mass is 379 g/mol. The molecular weight excluding hydrogens is 358 g/mol. The summed E-state index contributed by atoms with van der Waals surface area (Å²) in [6, 6.07) is 9.21. The van der Waals surface area contributed by atoms with E-state index >= 15 is 0 Å². The Morgan fingerprint density at radius 3 is 2.89 bits per heavy atom. The Balaban J connectivity index is 1.34. The third-order valence-electron chi connectivity index (χ3n) is 4.31. The van der Waals surface area contributed by atoms with Crippen molar-refractivity contribution in [1.29, 1.82) is 0 Å². The molecule has 0 aliphatic rings. The van der Waals surface area contributed by atoms with Gasteiger partial charge in [-0.15, -0.1) is 0 Å². The number of aromatic nitrogens is 4. The molecule has 0 atom stereocenters. The summed E-state index contributed by atoms with van der Waals surface area (Å²) < 4.78 is 10.6. The second-order valence-corrected chi connectivity index (χ2v) is 6.90. The quantitative estimate of drug-likeness (QED) is 0.496. The summed E-state index contributed by atoms with van der Waals surface area (Å²) in [6.07, 6.45) is 3.20.